The van der Waals surface area contributed by atoms with Crippen LogP contribution in [0.15, 0.2) is 12.2 Å². The number of hydrogen-bond donors (Lipinski definition) is 2. The molecule has 0 radical (unpaired) electrons. The van der Waals surface area contributed by atoms with Crippen LogP contribution in [0.25, 0.3) is 0 Å². The summed E-state index contributed by atoms with van der Waals surface area (Å²) in [6.45, 7) is 1.31. The monoisotopic (exact) mass is 140 g/mol. The molecule has 0 aromatic rings. The van der Waals surface area contributed by atoms with Crippen LogP contribution >= 0.6 is 0 Å². The average molecular weight is 140 g/mol. The van der Waals surface area contributed by atoms with Crippen molar-refractivity contribution >= 4 is 5.97 Å². The number of nitrogens with zero attached hydrogens (tertiary/aromatic N) is 1. The molecule has 0 bridgehead atoms. The molecule has 0 aromatic heterocycles. The zero-order valence-electron chi connectivity index (χ0n) is 5.53. The number of carboxylic acids is 1. The molecule has 0 fully saturated rings. The number of carboxylic acid groups (broad SMARTS) is 1. The molecule has 4 heteroatoms. The molecule has 0 saturated carbocycles. The topological polar surface area (TPSA) is 87.1 Å². The van der Waals surface area contributed by atoms with Crippen molar-refractivity contribution in [3.63, 3.8) is 0 Å². The Morgan fingerprint density at radius 1 is 1.90 bits per heavy atom. The van der Waals surface area contributed by atoms with Gasteiger partial charge in [-0.05, 0) is 13.0 Å². The van der Waals surface area contributed by atoms with Crippen LogP contribution in [-0.4, -0.2) is 16.6 Å². The summed E-state index contributed by atoms with van der Waals surface area (Å²) >= 11 is 0. The second-order valence-corrected chi connectivity index (χ2v) is 2.05. The summed E-state index contributed by atoms with van der Waals surface area (Å²) in [4.78, 5) is 10.2. The first-order chi connectivity index (χ1) is 4.50. The zero-order chi connectivity index (χ0) is 8.20. The predicted molar refractivity (Wildman–Crippen MR) is 35.0 cm³/mol. The maximum atomic E-state index is 10.2. The molecule has 0 aliphatic rings. The Bertz CT molecular complexity index is 200. The molecule has 0 aromatic carbocycles. The van der Waals surface area contributed by atoms with Gasteiger partial charge in [-0.15, -0.1) is 0 Å². The fourth-order valence-electron chi connectivity index (χ4n) is 0.282. The third kappa shape index (κ3) is 2.29. The van der Waals surface area contributed by atoms with E-state index in [1.165, 1.54) is 6.92 Å². The van der Waals surface area contributed by atoms with Gasteiger partial charge >= 0.3 is 5.97 Å². The Morgan fingerprint density at radius 2 is 2.40 bits per heavy atom. The first kappa shape index (κ1) is 8.66. The van der Waals surface area contributed by atoms with Gasteiger partial charge in [0.1, 0.15) is 5.54 Å². The lowest BCUT2D eigenvalue weighted by Crippen LogP contribution is -2.42. The van der Waals surface area contributed by atoms with Crippen LogP contribution in [0.4, 0.5) is 0 Å². The molecule has 1 atom stereocenters. The van der Waals surface area contributed by atoms with Crippen LogP contribution in [-0.2, 0) is 4.79 Å². The summed E-state index contributed by atoms with van der Waals surface area (Å²) in [5.41, 5.74) is 3.77. The summed E-state index contributed by atoms with van der Waals surface area (Å²) in [5, 5.41) is 16.4. The Morgan fingerprint density at radius 3 is 2.70 bits per heavy atom. The quantitative estimate of drug-likeness (QED) is 0.523. The van der Waals surface area contributed by atoms with Gasteiger partial charge in [-0.3, -0.25) is 0 Å². The van der Waals surface area contributed by atoms with Crippen LogP contribution < -0.4 is 5.73 Å². The molecule has 0 spiro atoms. The second-order valence-electron chi connectivity index (χ2n) is 2.05. The van der Waals surface area contributed by atoms with Crippen molar-refractivity contribution in [3.05, 3.63) is 12.2 Å². The van der Waals surface area contributed by atoms with E-state index in [1.807, 2.05) is 0 Å². The summed E-state index contributed by atoms with van der Waals surface area (Å²) in [7, 11) is 0. The number of nitriles is 1. The van der Waals surface area contributed by atoms with E-state index in [4.69, 9.17) is 16.1 Å². The number of rotatable bonds is 2. The van der Waals surface area contributed by atoms with Gasteiger partial charge in [-0.1, -0.05) is 0 Å². The van der Waals surface area contributed by atoms with E-state index in [2.05, 4.69) is 0 Å². The molecular formula is C6H8N2O2. The lowest BCUT2D eigenvalue weighted by atomic mass is 10.0. The molecule has 54 valence electrons. The smallest absolute Gasteiger partial charge is 0.327 e. The molecule has 0 saturated heterocycles. The van der Waals surface area contributed by atoms with Crippen LogP contribution in [0, 0.1) is 11.3 Å². The highest BCUT2D eigenvalue weighted by molar-refractivity contribution is 5.80. The molecule has 0 aliphatic carbocycles. The standard InChI is InChI=1S/C6H8N2O2/c1-6(8,5(9)10)3-2-4-7/h2-3H,8H2,1H3,(H,9,10)/b3-2+. The van der Waals surface area contributed by atoms with Crippen LogP contribution in [0.2, 0.25) is 0 Å². The molecule has 0 rings (SSSR count). The molecule has 0 amide bonds. The van der Waals surface area contributed by atoms with Gasteiger partial charge in [0.05, 0.1) is 6.07 Å². The lowest BCUT2D eigenvalue weighted by molar-refractivity contribution is -0.140. The highest BCUT2D eigenvalue weighted by atomic mass is 16.4. The molecule has 10 heavy (non-hydrogen) atoms. The maximum Gasteiger partial charge on any atom is 0.327 e. The van der Waals surface area contributed by atoms with E-state index in [-0.39, 0.29) is 0 Å². The predicted octanol–water partition coefficient (Wildman–Crippen LogP) is -0.132. The number of allylic oxidation sites excluding steroid dienone is 1. The van der Waals surface area contributed by atoms with Gasteiger partial charge in [0.25, 0.3) is 0 Å². The van der Waals surface area contributed by atoms with Crippen LogP contribution in [0.3, 0.4) is 0 Å². The van der Waals surface area contributed by atoms with Gasteiger partial charge in [0, 0.05) is 6.08 Å². The van der Waals surface area contributed by atoms with Gasteiger partial charge < -0.3 is 10.8 Å². The van der Waals surface area contributed by atoms with Gasteiger partial charge in [-0.2, -0.15) is 5.26 Å². The molecule has 0 heterocycles. The minimum absolute atomic E-state index is 1.05. The van der Waals surface area contributed by atoms with Gasteiger partial charge in [0.15, 0.2) is 0 Å². The summed E-state index contributed by atoms with van der Waals surface area (Å²) in [6, 6.07) is 1.65. The normalized spacial score (nSPS) is 16.1. The highest BCUT2D eigenvalue weighted by Crippen LogP contribution is 1.99. The minimum atomic E-state index is -1.43. The van der Waals surface area contributed by atoms with Crippen molar-refractivity contribution in [1.29, 1.82) is 5.26 Å². The van der Waals surface area contributed by atoms with E-state index in [9.17, 15) is 4.79 Å². The average Bonchev–Trinajstić information content (AvgIpc) is 1.84. The minimum Gasteiger partial charge on any atom is -0.480 e. The van der Waals surface area contributed by atoms with Crippen molar-refractivity contribution in [3.8, 4) is 6.07 Å². The van der Waals surface area contributed by atoms with Crippen molar-refractivity contribution in [2.24, 2.45) is 5.73 Å². The Hall–Kier alpha value is -1.34. The number of aliphatic carboxylic acids is 1. The van der Waals surface area contributed by atoms with Gasteiger partial charge in [-0.25, -0.2) is 4.79 Å². The van der Waals surface area contributed by atoms with Crippen LogP contribution in [0.5, 0.6) is 0 Å². The van der Waals surface area contributed by atoms with Crippen molar-refractivity contribution in [2.45, 2.75) is 12.5 Å². The summed E-state index contributed by atoms with van der Waals surface area (Å²) in [5.74, 6) is -1.15. The van der Waals surface area contributed by atoms with Crippen LogP contribution in [0.1, 0.15) is 6.92 Å². The van der Waals surface area contributed by atoms with E-state index in [1.54, 1.807) is 6.07 Å². The highest BCUT2D eigenvalue weighted by Gasteiger charge is 2.23. The third-order valence-electron chi connectivity index (χ3n) is 0.965. The maximum absolute atomic E-state index is 10.2. The SMILES string of the molecule is CC(N)(/C=C/C#N)C(=O)O. The lowest BCUT2D eigenvalue weighted by Gasteiger charge is -2.11. The molecule has 4 nitrogen and oxygen atoms in total. The number of carbonyl (C=O) groups is 1. The molecular weight excluding hydrogens is 132 g/mol. The fraction of sp³-hybridized carbons (Fsp3) is 0.333. The second kappa shape index (κ2) is 2.99. The molecule has 0 aliphatic heterocycles. The van der Waals surface area contributed by atoms with Crippen molar-refractivity contribution in [2.75, 3.05) is 0 Å². The third-order valence-corrected chi connectivity index (χ3v) is 0.965. The fourth-order valence-corrected chi connectivity index (χ4v) is 0.282. The van der Waals surface area contributed by atoms with Gasteiger partial charge in [0.2, 0.25) is 0 Å². The summed E-state index contributed by atoms with van der Waals surface area (Å²) in [6.07, 6.45) is 2.18. The van der Waals surface area contributed by atoms with E-state index in [0.717, 1.165) is 12.2 Å². The molecule has 1 unspecified atom stereocenters. The summed E-state index contributed by atoms with van der Waals surface area (Å²) < 4.78 is 0. The Labute approximate surface area is 58.6 Å². The van der Waals surface area contributed by atoms with E-state index < -0.39 is 11.5 Å². The first-order valence-electron chi connectivity index (χ1n) is 2.60. The van der Waals surface area contributed by atoms with E-state index >= 15 is 0 Å². The first-order valence-corrected chi connectivity index (χ1v) is 2.60. The van der Waals surface area contributed by atoms with Crippen molar-refractivity contribution in [1.82, 2.24) is 0 Å². The molecule has 3 N–H and O–H groups in total. The number of hydrogen-bond acceptors (Lipinski definition) is 3. The largest absolute Gasteiger partial charge is 0.480 e. The Balaban J connectivity index is 4.30. The van der Waals surface area contributed by atoms with E-state index in [0.29, 0.717) is 0 Å². The zero-order valence-corrected chi connectivity index (χ0v) is 5.53. The Kier molecular flexibility index (Phi) is 2.59. The van der Waals surface area contributed by atoms with Crippen molar-refractivity contribution < 1.29 is 9.90 Å². The number of nitrogens with two attached hydrogens (primary N) is 1.